The molecule has 1 heterocycles. The van der Waals surface area contributed by atoms with Gasteiger partial charge in [0.2, 0.25) is 0 Å². The van der Waals surface area contributed by atoms with Crippen molar-refractivity contribution in [3.05, 3.63) is 81.3 Å². The lowest BCUT2D eigenvalue weighted by Crippen LogP contribution is -2.39. The van der Waals surface area contributed by atoms with Gasteiger partial charge in [-0.15, -0.1) is 0 Å². The third kappa shape index (κ3) is 6.21. The number of hydrogen-bond donors (Lipinski definition) is 1. The molecule has 1 aliphatic heterocycles. The van der Waals surface area contributed by atoms with Crippen LogP contribution in [-0.4, -0.2) is 23.6 Å². The number of fused-ring (bicyclic) bond motifs is 1. The van der Waals surface area contributed by atoms with E-state index in [1.165, 1.54) is 0 Å². The highest BCUT2D eigenvalue weighted by Crippen LogP contribution is 2.57. The average Bonchev–Trinajstić information content (AvgIpc) is 3.27. The fraction of sp³-hybridized carbons (Fsp3) is 0.333. The lowest BCUT2D eigenvalue weighted by atomic mass is 9.87. The van der Waals surface area contributed by atoms with Crippen LogP contribution in [0.3, 0.4) is 0 Å². The van der Waals surface area contributed by atoms with Gasteiger partial charge in [-0.2, -0.15) is 26.3 Å². The van der Waals surface area contributed by atoms with Crippen molar-refractivity contribution in [2.45, 2.75) is 56.4 Å². The molecule has 4 nitrogen and oxygen atoms in total. The fourth-order valence-electron chi connectivity index (χ4n) is 4.28. The van der Waals surface area contributed by atoms with Crippen LogP contribution in [-0.2, 0) is 22.2 Å². The van der Waals surface area contributed by atoms with Crippen LogP contribution in [0.5, 0.6) is 0 Å². The van der Waals surface area contributed by atoms with Crippen LogP contribution in [0, 0.1) is 0 Å². The van der Waals surface area contributed by atoms with Gasteiger partial charge in [-0.05, 0) is 72.8 Å². The summed E-state index contributed by atoms with van der Waals surface area (Å²) in [4.78, 5) is 12.1. The van der Waals surface area contributed by atoms with Crippen LogP contribution < -0.4 is 5.32 Å². The van der Waals surface area contributed by atoms with E-state index in [0.29, 0.717) is 28.0 Å². The van der Waals surface area contributed by atoms with Crippen molar-refractivity contribution in [1.29, 1.82) is 0 Å². The molecule has 1 unspecified atom stereocenters. The van der Waals surface area contributed by atoms with E-state index in [0.717, 1.165) is 12.1 Å². The quantitative estimate of drug-likeness (QED) is 0.231. The predicted molar refractivity (Wildman–Crippen MR) is 143 cm³/mol. The first-order chi connectivity index (χ1) is 18.0. The topological polar surface area (TPSA) is 50.7 Å². The van der Waals surface area contributed by atoms with Gasteiger partial charge in [0, 0.05) is 23.0 Å². The maximum atomic E-state index is 14.6. The van der Waals surface area contributed by atoms with Crippen molar-refractivity contribution >= 4 is 50.5 Å². The molecule has 0 spiro atoms. The molecular formula is C27H23BrF6N2O2S. The average molecular weight is 633 g/mol. The summed E-state index contributed by atoms with van der Waals surface area (Å²) in [6.45, 7) is 5.31. The monoisotopic (exact) mass is 632 g/mol. The van der Waals surface area contributed by atoms with E-state index in [2.05, 4.69) is 25.6 Å². The lowest BCUT2D eigenvalue weighted by molar-refractivity contribution is -0.160. The molecule has 39 heavy (non-hydrogen) atoms. The molecule has 0 aromatic heterocycles. The number of nitrogens with zero attached hydrogens (tertiary/aromatic N) is 1. The Morgan fingerprint density at radius 3 is 2.31 bits per heavy atom. The van der Waals surface area contributed by atoms with Crippen molar-refractivity contribution in [1.82, 2.24) is 5.32 Å². The van der Waals surface area contributed by atoms with E-state index < -0.39 is 46.3 Å². The summed E-state index contributed by atoms with van der Waals surface area (Å²) in [6, 6.07) is 12.6. The Bertz CT molecular complexity index is 1450. The minimum absolute atomic E-state index is 0.105. The molecule has 4 rings (SSSR count). The second-order valence-corrected chi connectivity index (χ2v) is 12.0. The number of alkyl carbamates (subject to hydrolysis) is 1. The van der Waals surface area contributed by atoms with Gasteiger partial charge in [0.05, 0.1) is 11.3 Å². The predicted octanol–water partition coefficient (Wildman–Crippen LogP) is 8.94. The van der Waals surface area contributed by atoms with Crippen LogP contribution in [0.15, 0.2) is 63.5 Å². The molecule has 0 radical (unpaired) electrons. The van der Waals surface area contributed by atoms with Gasteiger partial charge in [0.1, 0.15) is 5.60 Å². The first kappa shape index (κ1) is 29.3. The van der Waals surface area contributed by atoms with Gasteiger partial charge in [-0.1, -0.05) is 52.3 Å². The second kappa shape index (κ2) is 10.3. The Morgan fingerprint density at radius 1 is 1.03 bits per heavy atom. The van der Waals surface area contributed by atoms with Gasteiger partial charge >= 0.3 is 18.4 Å². The zero-order valence-electron chi connectivity index (χ0n) is 20.9. The first-order valence-corrected chi connectivity index (χ1v) is 13.2. The Balaban J connectivity index is 1.70. The van der Waals surface area contributed by atoms with E-state index in [9.17, 15) is 31.1 Å². The number of benzene rings is 3. The van der Waals surface area contributed by atoms with Crippen LogP contribution in [0.4, 0.5) is 31.1 Å². The van der Waals surface area contributed by atoms with E-state index in [-0.39, 0.29) is 28.7 Å². The van der Waals surface area contributed by atoms with Crippen molar-refractivity contribution in [3.63, 3.8) is 0 Å². The van der Waals surface area contributed by atoms with Gasteiger partial charge in [0.15, 0.2) is 4.75 Å². The number of halogens is 7. The SMILES string of the molecule is CC(C)(C)OC(=O)NCc1ccc(C2=NSC(c3cc(Br)cc(C(F)(F)F)c3)(C(F)(F)F)C2)c2ccccc12. The fourth-order valence-corrected chi connectivity index (χ4v) is 5.73. The molecule has 0 fully saturated rings. The van der Waals surface area contributed by atoms with Crippen molar-refractivity contribution in [2.24, 2.45) is 4.40 Å². The maximum Gasteiger partial charge on any atom is 0.416 e. The molecule has 1 N–H and O–H groups in total. The molecular weight excluding hydrogens is 610 g/mol. The molecule has 3 aromatic rings. The van der Waals surface area contributed by atoms with Gasteiger partial charge in [-0.25, -0.2) is 9.19 Å². The Hall–Kier alpha value is -2.73. The standard InChI is InChI=1S/C27H23BrF6N2O2S/c1-24(2,3)38-23(37)35-14-15-8-9-21(20-7-5-4-6-19(15)20)22-13-25(39-36-22,27(32,33)34)16-10-17(26(29,30)31)12-18(28)11-16/h4-12H,13-14H2,1-3H3,(H,35,37). The summed E-state index contributed by atoms with van der Waals surface area (Å²) in [5.74, 6) is 0. The minimum atomic E-state index is -4.90. The van der Waals surface area contributed by atoms with Crippen molar-refractivity contribution < 1.29 is 35.9 Å². The maximum absolute atomic E-state index is 14.6. The van der Waals surface area contributed by atoms with Crippen LogP contribution in [0.25, 0.3) is 10.8 Å². The highest BCUT2D eigenvalue weighted by molar-refractivity contribution is 9.10. The number of nitrogens with one attached hydrogen (secondary N) is 1. The molecule has 0 bridgehead atoms. The number of rotatable bonds is 4. The van der Waals surface area contributed by atoms with Gasteiger partial charge < -0.3 is 10.1 Å². The second-order valence-electron chi connectivity index (χ2n) is 10.0. The van der Waals surface area contributed by atoms with Crippen LogP contribution in [0.1, 0.15) is 49.4 Å². The highest BCUT2D eigenvalue weighted by Gasteiger charge is 2.60. The summed E-state index contributed by atoms with van der Waals surface area (Å²) in [5.41, 5.74) is -1.17. The largest absolute Gasteiger partial charge is 0.444 e. The van der Waals surface area contributed by atoms with Gasteiger partial charge in [0.25, 0.3) is 0 Å². The van der Waals surface area contributed by atoms with E-state index in [1.54, 1.807) is 57.2 Å². The molecule has 3 aromatic carbocycles. The Kier molecular flexibility index (Phi) is 7.76. The zero-order valence-corrected chi connectivity index (χ0v) is 23.3. The normalized spacial score (nSPS) is 18.3. The lowest BCUT2D eigenvalue weighted by Gasteiger charge is -2.31. The smallest absolute Gasteiger partial charge is 0.416 e. The number of alkyl halides is 6. The van der Waals surface area contributed by atoms with Gasteiger partial charge in [-0.3, -0.25) is 0 Å². The van der Waals surface area contributed by atoms with E-state index in [4.69, 9.17) is 4.74 Å². The molecule has 1 aliphatic rings. The summed E-state index contributed by atoms with van der Waals surface area (Å²) in [5, 5.41) is 3.96. The van der Waals surface area contributed by atoms with E-state index in [1.807, 2.05) is 0 Å². The summed E-state index contributed by atoms with van der Waals surface area (Å²) >= 11 is 3.15. The summed E-state index contributed by atoms with van der Waals surface area (Å²) in [7, 11) is 0. The summed E-state index contributed by atoms with van der Waals surface area (Å²) in [6.07, 6.45) is -11.0. The Morgan fingerprint density at radius 2 is 1.69 bits per heavy atom. The van der Waals surface area contributed by atoms with Crippen molar-refractivity contribution in [2.75, 3.05) is 0 Å². The molecule has 208 valence electrons. The van der Waals surface area contributed by atoms with E-state index >= 15 is 0 Å². The first-order valence-electron chi connectivity index (χ1n) is 11.7. The minimum Gasteiger partial charge on any atom is -0.444 e. The molecule has 1 amide bonds. The summed E-state index contributed by atoms with van der Waals surface area (Å²) < 4.78 is 90.6. The molecule has 12 heteroatoms. The number of carbonyl (C=O) groups is 1. The number of ether oxygens (including phenoxy) is 1. The molecule has 0 saturated carbocycles. The Labute approximate surface area is 233 Å². The number of amides is 1. The van der Waals surface area contributed by atoms with Crippen molar-refractivity contribution in [3.8, 4) is 0 Å². The van der Waals surface area contributed by atoms with Crippen LogP contribution in [0.2, 0.25) is 0 Å². The van der Waals surface area contributed by atoms with Crippen LogP contribution >= 0.6 is 27.9 Å². The zero-order chi connectivity index (χ0) is 28.8. The third-order valence-corrected chi connectivity index (χ3v) is 7.72. The highest BCUT2D eigenvalue weighted by atomic mass is 79.9. The number of hydrogen-bond acceptors (Lipinski definition) is 4. The molecule has 0 aliphatic carbocycles. The number of carbonyl (C=O) groups excluding carboxylic acids is 1. The molecule has 1 atom stereocenters. The molecule has 0 saturated heterocycles. The third-order valence-electron chi connectivity index (χ3n) is 6.02.